The zero-order valence-electron chi connectivity index (χ0n) is 18.3. The number of amides is 1. The molecule has 2 bridgehead atoms. The summed E-state index contributed by atoms with van der Waals surface area (Å²) in [7, 11) is 0. The molecule has 1 saturated carbocycles. The third-order valence-corrected chi connectivity index (χ3v) is 7.93. The van der Waals surface area contributed by atoms with Gasteiger partial charge >= 0.3 is 0 Å². The van der Waals surface area contributed by atoms with Gasteiger partial charge in [0.25, 0.3) is 0 Å². The molecule has 0 radical (unpaired) electrons. The number of hydrogen-bond acceptors (Lipinski definition) is 4. The zero-order chi connectivity index (χ0) is 23.0. The summed E-state index contributed by atoms with van der Waals surface area (Å²) in [5.41, 5.74) is 4.01. The maximum Gasteiger partial charge on any atom is 0.228 e. The molecule has 2 aromatic heterocycles. The molecule has 2 atom stereocenters. The molecule has 3 heterocycles. The first-order valence-electron chi connectivity index (χ1n) is 11.1. The Hall–Kier alpha value is -3.48. The van der Waals surface area contributed by atoms with Gasteiger partial charge < -0.3 is 5.32 Å². The predicted octanol–water partition coefficient (Wildman–Crippen LogP) is 4.88. The van der Waals surface area contributed by atoms with E-state index in [1.54, 1.807) is 12.4 Å². The molecule has 0 saturated heterocycles. The molecule has 1 amide bonds. The largest absolute Gasteiger partial charge is 0.332 e. The normalized spacial score (nSPS) is 24.5. The van der Waals surface area contributed by atoms with E-state index < -0.39 is 17.0 Å². The van der Waals surface area contributed by atoms with E-state index in [0.717, 1.165) is 40.9 Å². The van der Waals surface area contributed by atoms with Crippen molar-refractivity contribution in [3.63, 3.8) is 0 Å². The zero-order valence-corrected chi connectivity index (χ0v) is 18.3. The molecule has 2 aliphatic carbocycles. The summed E-state index contributed by atoms with van der Waals surface area (Å²) in [6, 6.07) is 9.59. The van der Waals surface area contributed by atoms with Crippen LogP contribution in [0.5, 0.6) is 0 Å². The van der Waals surface area contributed by atoms with Gasteiger partial charge in [-0.2, -0.15) is 5.10 Å². The molecular weight excluding hydrogens is 422 g/mol. The number of aromatic nitrogens is 3. The van der Waals surface area contributed by atoms with E-state index in [-0.39, 0.29) is 28.5 Å². The molecule has 1 aliphatic heterocycles. The number of rotatable bonds is 3. The summed E-state index contributed by atoms with van der Waals surface area (Å²) in [6.07, 6.45) is 5.67. The molecule has 0 unspecified atom stereocenters. The average molecular weight is 444 g/mol. The van der Waals surface area contributed by atoms with Crippen LogP contribution in [0.25, 0.3) is 16.8 Å². The van der Waals surface area contributed by atoms with Crippen molar-refractivity contribution in [1.29, 1.82) is 0 Å². The number of pyridine rings is 1. The van der Waals surface area contributed by atoms with Gasteiger partial charge in [-0.3, -0.25) is 9.78 Å². The Morgan fingerprint density at radius 1 is 1.09 bits per heavy atom. The van der Waals surface area contributed by atoms with E-state index >= 15 is 0 Å². The molecule has 1 fully saturated rings. The third-order valence-electron chi connectivity index (χ3n) is 7.93. The molecule has 7 heteroatoms. The first-order valence-corrected chi connectivity index (χ1v) is 11.1. The number of nitrogens with one attached hydrogen (secondary N) is 1. The van der Waals surface area contributed by atoms with Crippen molar-refractivity contribution >= 4 is 11.5 Å². The van der Waals surface area contributed by atoms with Gasteiger partial charge in [0.2, 0.25) is 5.91 Å². The molecule has 6 rings (SSSR count). The van der Waals surface area contributed by atoms with Crippen LogP contribution in [-0.2, 0) is 10.2 Å². The number of benzene rings is 1. The van der Waals surface area contributed by atoms with Gasteiger partial charge in [-0.25, -0.2) is 8.78 Å². The lowest BCUT2D eigenvalue weighted by atomic mass is 9.66. The van der Waals surface area contributed by atoms with Crippen LogP contribution in [-0.4, -0.2) is 21.1 Å². The second-order valence-electron chi connectivity index (χ2n) is 9.69. The predicted molar refractivity (Wildman–Crippen MR) is 119 cm³/mol. The summed E-state index contributed by atoms with van der Waals surface area (Å²) in [4.78, 5) is 16.5. The van der Waals surface area contributed by atoms with Crippen LogP contribution in [0.2, 0.25) is 0 Å². The Balaban J connectivity index is 1.51. The summed E-state index contributed by atoms with van der Waals surface area (Å²) in [6.45, 7) is 4.42. The molecular formula is C26H22F2N4O. The molecule has 166 valence electrons. The van der Waals surface area contributed by atoms with Crippen molar-refractivity contribution in [2.45, 2.75) is 44.4 Å². The second-order valence-corrected chi connectivity index (χ2v) is 9.69. The van der Waals surface area contributed by atoms with Crippen molar-refractivity contribution in [2.24, 2.45) is 5.41 Å². The highest BCUT2D eigenvalue weighted by atomic mass is 19.1. The van der Waals surface area contributed by atoms with E-state index in [0.29, 0.717) is 6.42 Å². The summed E-state index contributed by atoms with van der Waals surface area (Å²) >= 11 is 0. The lowest BCUT2D eigenvalue weighted by molar-refractivity contribution is -0.118. The Bertz CT molecular complexity index is 1350. The van der Waals surface area contributed by atoms with Gasteiger partial charge in [-0.1, -0.05) is 19.9 Å². The maximum atomic E-state index is 14.4. The standard InChI is InChI=1S/C26H22F2N4O/c1-25(2)17-6-8-26(25,21-10-14(7-9-29-21)15-11-22(33)30-13-15)24-16(17)12-20(31-32-24)23-18(27)4-3-5-19(23)28/h3-5,7,9-10,12-13,17H,6,8,11H2,1-2H3,(H,30,33)/t17-,26-/m0/s1. The van der Waals surface area contributed by atoms with E-state index in [9.17, 15) is 13.6 Å². The molecule has 3 aromatic rings. The Morgan fingerprint density at radius 3 is 2.61 bits per heavy atom. The van der Waals surface area contributed by atoms with E-state index in [4.69, 9.17) is 4.98 Å². The van der Waals surface area contributed by atoms with Crippen molar-refractivity contribution < 1.29 is 13.6 Å². The highest BCUT2D eigenvalue weighted by Gasteiger charge is 2.65. The molecule has 33 heavy (non-hydrogen) atoms. The third kappa shape index (κ3) is 2.62. The van der Waals surface area contributed by atoms with E-state index in [1.165, 1.54) is 18.2 Å². The van der Waals surface area contributed by atoms with Crippen LogP contribution in [0, 0.1) is 17.0 Å². The Morgan fingerprint density at radius 2 is 1.88 bits per heavy atom. The minimum Gasteiger partial charge on any atom is -0.332 e. The maximum absolute atomic E-state index is 14.4. The van der Waals surface area contributed by atoms with Crippen LogP contribution in [0.1, 0.15) is 61.5 Å². The second kappa shape index (κ2) is 6.76. The fourth-order valence-electron chi connectivity index (χ4n) is 6.25. The Kier molecular flexibility index (Phi) is 4.13. The van der Waals surface area contributed by atoms with Gasteiger partial charge in [-0.15, -0.1) is 5.10 Å². The molecule has 3 aliphatic rings. The number of carbonyl (C=O) groups excluding carboxylic acids is 1. The van der Waals surface area contributed by atoms with Crippen LogP contribution >= 0.6 is 0 Å². The highest BCUT2D eigenvalue weighted by molar-refractivity contribution is 5.94. The minimum absolute atomic E-state index is 0.0206. The lowest BCUT2D eigenvalue weighted by Crippen LogP contribution is -2.37. The quantitative estimate of drug-likeness (QED) is 0.625. The monoisotopic (exact) mass is 444 g/mol. The lowest BCUT2D eigenvalue weighted by Gasteiger charge is -2.37. The van der Waals surface area contributed by atoms with E-state index in [1.807, 2.05) is 12.1 Å². The number of nitrogens with zero attached hydrogens (tertiary/aromatic N) is 3. The van der Waals surface area contributed by atoms with Crippen LogP contribution in [0.4, 0.5) is 8.78 Å². The summed E-state index contributed by atoms with van der Waals surface area (Å²) in [5, 5.41) is 11.6. The van der Waals surface area contributed by atoms with Crippen molar-refractivity contribution in [3.8, 4) is 11.3 Å². The topological polar surface area (TPSA) is 67.8 Å². The van der Waals surface area contributed by atoms with Gasteiger partial charge in [0.15, 0.2) is 0 Å². The number of halogens is 2. The fourth-order valence-corrected chi connectivity index (χ4v) is 6.25. The van der Waals surface area contributed by atoms with E-state index in [2.05, 4.69) is 35.4 Å². The number of hydrogen-bond donors (Lipinski definition) is 1. The molecule has 1 aromatic carbocycles. The van der Waals surface area contributed by atoms with Gasteiger partial charge in [-0.05, 0) is 71.2 Å². The molecule has 1 N–H and O–H groups in total. The van der Waals surface area contributed by atoms with Gasteiger partial charge in [0.1, 0.15) is 11.6 Å². The molecule has 0 spiro atoms. The first kappa shape index (κ1) is 20.1. The fraction of sp³-hybridized carbons (Fsp3) is 0.308. The smallest absolute Gasteiger partial charge is 0.228 e. The minimum atomic E-state index is -0.649. The van der Waals surface area contributed by atoms with Crippen molar-refractivity contribution in [1.82, 2.24) is 20.5 Å². The SMILES string of the molecule is CC1(C)[C@H]2CC[C@]1(c1cc(C3=CNC(=O)C3)ccn1)c1nnc(-c3c(F)cccc3F)cc12. The highest BCUT2D eigenvalue weighted by Crippen LogP contribution is 2.69. The van der Waals surface area contributed by atoms with Crippen LogP contribution < -0.4 is 5.32 Å². The van der Waals surface area contributed by atoms with Crippen LogP contribution in [0.3, 0.4) is 0 Å². The number of fused-ring (bicyclic) bond motifs is 5. The van der Waals surface area contributed by atoms with Crippen LogP contribution in [0.15, 0.2) is 48.8 Å². The van der Waals surface area contributed by atoms with Gasteiger partial charge in [0.05, 0.1) is 34.5 Å². The summed E-state index contributed by atoms with van der Waals surface area (Å²) < 4.78 is 28.9. The first-order chi connectivity index (χ1) is 15.8. The van der Waals surface area contributed by atoms with Crippen molar-refractivity contribution in [2.75, 3.05) is 0 Å². The molecule has 5 nitrogen and oxygen atoms in total. The number of carbonyl (C=O) groups is 1. The van der Waals surface area contributed by atoms with Crippen molar-refractivity contribution in [3.05, 3.63) is 82.9 Å². The summed E-state index contributed by atoms with van der Waals surface area (Å²) in [5.74, 6) is -1.14. The van der Waals surface area contributed by atoms with Gasteiger partial charge in [0, 0.05) is 12.4 Å². The average Bonchev–Trinajstić information content (AvgIpc) is 3.40. The Labute approximate surface area is 190 Å².